The molecule has 0 radical (unpaired) electrons. The van der Waals surface area contributed by atoms with Gasteiger partial charge >= 0.3 is 0 Å². The third-order valence-electron chi connectivity index (χ3n) is 2.59. The average Bonchev–Trinajstić information content (AvgIpc) is 2.07. The molecule has 0 spiro atoms. The Hall–Kier alpha value is -1.11. The van der Waals surface area contributed by atoms with Crippen LogP contribution in [0.1, 0.15) is 29.5 Å². The van der Waals surface area contributed by atoms with Crippen molar-refractivity contribution < 1.29 is 0 Å². The maximum atomic E-state index is 7.77. The molecule has 0 fully saturated rings. The van der Waals surface area contributed by atoms with E-state index in [9.17, 15) is 0 Å². The molecule has 62 valence electrons. The maximum absolute atomic E-state index is 7.77. The minimum atomic E-state index is 0.819. The summed E-state index contributed by atoms with van der Waals surface area (Å²) in [7, 11) is 0. The summed E-state index contributed by atoms with van der Waals surface area (Å²) < 4.78 is 0. The van der Waals surface area contributed by atoms with Crippen molar-refractivity contribution in [2.45, 2.75) is 26.2 Å². The van der Waals surface area contributed by atoms with Gasteiger partial charge in [0.15, 0.2) is 0 Å². The standard InChI is InChI=1S/C11H13N/c1-8-4-2-6-10-9(8)5-3-7-11(10)12/h2,4,6,12H,3,5,7H2,1H3. The smallest absolute Gasteiger partial charge is 0.0389 e. The molecule has 0 heterocycles. The Kier molecular flexibility index (Phi) is 1.72. The van der Waals surface area contributed by atoms with Gasteiger partial charge in [0.25, 0.3) is 0 Å². The van der Waals surface area contributed by atoms with Gasteiger partial charge in [0, 0.05) is 5.71 Å². The highest BCUT2D eigenvalue weighted by atomic mass is 14.4. The molecule has 2 rings (SSSR count). The van der Waals surface area contributed by atoms with Gasteiger partial charge in [-0.05, 0) is 42.9 Å². The first kappa shape index (κ1) is 7.53. The second-order valence-corrected chi connectivity index (χ2v) is 3.43. The van der Waals surface area contributed by atoms with Crippen LogP contribution in [0.25, 0.3) is 0 Å². The van der Waals surface area contributed by atoms with Crippen molar-refractivity contribution in [3.63, 3.8) is 0 Å². The minimum Gasteiger partial charge on any atom is -0.305 e. The average molecular weight is 159 g/mol. The molecule has 1 N–H and O–H groups in total. The molecule has 1 aliphatic carbocycles. The van der Waals surface area contributed by atoms with Crippen LogP contribution in [0.4, 0.5) is 0 Å². The van der Waals surface area contributed by atoms with Crippen LogP contribution in [0.5, 0.6) is 0 Å². The van der Waals surface area contributed by atoms with Gasteiger partial charge in [0.1, 0.15) is 0 Å². The summed E-state index contributed by atoms with van der Waals surface area (Å²) in [4.78, 5) is 0. The monoisotopic (exact) mass is 159 g/mol. The van der Waals surface area contributed by atoms with Crippen LogP contribution in [0, 0.1) is 12.3 Å². The van der Waals surface area contributed by atoms with E-state index >= 15 is 0 Å². The Balaban J connectivity index is 2.59. The zero-order valence-electron chi connectivity index (χ0n) is 7.35. The van der Waals surface area contributed by atoms with E-state index in [0.717, 1.165) is 25.0 Å². The molecule has 1 aromatic carbocycles. The van der Waals surface area contributed by atoms with Crippen LogP contribution in [-0.2, 0) is 6.42 Å². The van der Waals surface area contributed by atoms with Crippen molar-refractivity contribution in [3.8, 4) is 0 Å². The maximum Gasteiger partial charge on any atom is 0.0389 e. The van der Waals surface area contributed by atoms with Crippen LogP contribution in [0.2, 0.25) is 0 Å². The third-order valence-corrected chi connectivity index (χ3v) is 2.59. The predicted octanol–water partition coefficient (Wildman–Crippen LogP) is 2.70. The Bertz CT molecular complexity index is 326. The van der Waals surface area contributed by atoms with Gasteiger partial charge in [0.05, 0.1) is 0 Å². The summed E-state index contributed by atoms with van der Waals surface area (Å²) in [5.41, 5.74) is 4.74. The van der Waals surface area contributed by atoms with Gasteiger partial charge in [-0.1, -0.05) is 18.2 Å². The van der Waals surface area contributed by atoms with Crippen molar-refractivity contribution in [3.05, 3.63) is 34.9 Å². The highest BCUT2D eigenvalue weighted by molar-refractivity contribution is 6.00. The van der Waals surface area contributed by atoms with E-state index in [-0.39, 0.29) is 0 Å². The van der Waals surface area contributed by atoms with E-state index in [4.69, 9.17) is 5.41 Å². The van der Waals surface area contributed by atoms with E-state index in [1.165, 1.54) is 16.7 Å². The van der Waals surface area contributed by atoms with Gasteiger partial charge in [0.2, 0.25) is 0 Å². The molecule has 1 heteroatoms. The molecule has 0 amide bonds. The van der Waals surface area contributed by atoms with Crippen LogP contribution in [-0.4, -0.2) is 5.71 Å². The van der Waals surface area contributed by atoms with E-state index in [1.54, 1.807) is 0 Å². The molecular weight excluding hydrogens is 146 g/mol. The summed E-state index contributed by atoms with van der Waals surface area (Å²) in [6, 6.07) is 6.26. The lowest BCUT2D eigenvalue weighted by Crippen LogP contribution is -2.11. The van der Waals surface area contributed by atoms with Gasteiger partial charge in [-0.2, -0.15) is 0 Å². The fraction of sp³-hybridized carbons (Fsp3) is 0.364. The molecular formula is C11H13N. The molecule has 0 unspecified atom stereocenters. The van der Waals surface area contributed by atoms with Crippen LogP contribution >= 0.6 is 0 Å². The fourth-order valence-electron chi connectivity index (χ4n) is 1.89. The SMILES string of the molecule is Cc1cccc2c1CCCC2=N. The number of nitrogens with one attached hydrogen (secondary N) is 1. The highest BCUT2D eigenvalue weighted by Gasteiger charge is 2.14. The quantitative estimate of drug-likeness (QED) is 0.602. The number of fused-ring (bicyclic) bond motifs is 1. The van der Waals surface area contributed by atoms with Gasteiger partial charge < -0.3 is 5.41 Å². The minimum absolute atomic E-state index is 0.819. The Morgan fingerprint density at radius 1 is 1.25 bits per heavy atom. The second-order valence-electron chi connectivity index (χ2n) is 3.43. The summed E-state index contributed by atoms with van der Waals surface area (Å²) in [6.45, 7) is 2.14. The number of benzene rings is 1. The number of hydrogen-bond acceptors (Lipinski definition) is 1. The molecule has 0 bridgehead atoms. The molecule has 1 aliphatic rings. The van der Waals surface area contributed by atoms with Crippen molar-refractivity contribution in [1.29, 1.82) is 5.41 Å². The van der Waals surface area contributed by atoms with Crippen LogP contribution < -0.4 is 0 Å². The molecule has 0 aliphatic heterocycles. The van der Waals surface area contributed by atoms with E-state index in [0.29, 0.717) is 0 Å². The topological polar surface area (TPSA) is 23.9 Å². The molecule has 0 aromatic heterocycles. The lowest BCUT2D eigenvalue weighted by Gasteiger charge is -2.18. The lowest BCUT2D eigenvalue weighted by molar-refractivity contribution is 0.829. The predicted molar refractivity (Wildman–Crippen MR) is 50.9 cm³/mol. The van der Waals surface area contributed by atoms with E-state index < -0.39 is 0 Å². The Labute approximate surface area is 72.9 Å². The first-order valence-corrected chi connectivity index (χ1v) is 4.45. The van der Waals surface area contributed by atoms with Crippen LogP contribution in [0.15, 0.2) is 18.2 Å². The van der Waals surface area contributed by atoms with Crippen molar-refractivity contribution in [2.75, 3.05) is 0 Å². The Morgan fingerprint density at radius 2 is 2.08 bits per heavy atom. The summed E-state index contributed by atoms with van der Waals surface area (Å²) in [5.74, 6) is 0. The number of rotatable bonds is 0. The molecule has 0 atom stereocenters. The molecule has 0 saturated heterocycles. The molecule has 0 saturated carbocycles. The normalized spacial score (nSPS) is 15.9. The number of aryl methyl sites for hydroxylation is 1. The van der Waals surface area contributed by atoms with Crippen LogP contribution in [0.3, 0.4) is 0 Å². The van der Waals surface area contributed by atoms with E-state index in [2.05, 4.69) is 19.1 Å². The van der Waals surface area contributed by atoms with Gasteiger partial charge in [-0.3, -0.25) is 0 Å². The van der Waals surface area contributed by atoms with E-state index in [1.807, 2.05) is 6.07 Å². The second kappa shape index (κ2) is 2.74. The summed E-state index contributed by atoms with van der Waals surface area (Å²) in [5, 5.41) is 7.77. The highest BCUT2D eigenvalue weighted by Crippen LogP contribution is 2.23. The first-order chi connectivity index (χ1) is 5.79. The summed E-state index contributed by atoms with van der Waals surface area (Å²) >= 11 is 0. The molecule has 1 nitrogen and oxygen atoms in total. The molecule has 12 heavy (non-hydrogen) atoms. The largest absolute Gasteiger partial charge is 0.305 e. The van der Waals surface area contributed by atoms with Gasteiger partial charge in [-0.15, -0.1) is 0 Å². The third kappa shape index (κ3) is 1.06. The first-order valence-electron chi connectivity index (χ1n) is 4.45. The molecule has 1 aromatic rings. The van der Waals surface area contributed by atoms with Crippen molar-refractivity contribution >= 4 is 5.71 Å². The van der Waals surface area contributed by atoms with Gasteiger partial charge in [-0.25, -0.2) is 0 Å². The van der Waals surface area contributed by atoms with Crippen molar-refractivity contribution in [1.82, 2.24) is 0 Å². The fourth-order valence-corrected chi connectivity index (χ4v) is 1.89. The zero-order valence-corrected chi connectivity index (χ0v) is 7.35. The number of hydrogen-bond donors (Lipinski definition) is 1. The lowest BCUT2D eigenvalue weighted by atomic mass is 9.87. The zero-order chi connectivity index (χ0) is 8.55. The summed E-state index contributed by atoms with van der Waals surface area (Å²) in [6.07, 6.45) is 3.26. The van der Waals surface area contributed by atoms with Crippen molar-refractivity contribution in [2.24, 2.45) is 0 Å². The Morgan fingerprint density at radius 3 is 2.83 bits per heavy atom.